The summed E-state index contributed by atoms with van der Waals surface area (Å²) in [6.07, 6.45) is 0. The van der Waals surface area contributed by atoms with Crippen LogP contribution in [-0.4, -0.2) is 40.9 Å². The van der Waals surface area contributed by atoms with Crippen molar-refractivity contribution in [1.82, 2.24) is 4.90 Å². The first kappa shape index (κ1) is 13.1. The first-order valence-corrected chi connectivity index (χ1v) is 3.64. The molecule has 10 heavy (non-hydrogen) atoms. The normalized spacial score (nSPS) is 10.8. The molecular weight excluding hydrogens is 137 g/mol. The summed E-state index contributed by atoms with van der Waals surface area (Å²) in [6, 6.07) is 1.25. The predicted molar refractivity (Wildman–Crippen MR) is 52.3 cm³/mol. The van der Waals surface area contributed by atoms with Crippen molar-refractivity contribution in [3.8, 4) is 0 Å². The van der Waals surface area contributed by atoms with Crippen molar-refractivity contribution in [3.05, 3.63) is 6.92 Å². The first-order chi connectivity index (χ1) is 4.09. The molecule has 0 rings (SSSR count). The molecule has 0 spiro atoms. The molecule has 0 aromatic heterocycles. The molecule has 2 heteroatoms. The topological polar surface area (TPSA) is 3.24 Å². The minimum Gasteiger partial charge on any atom is -0.299 e. The van der Waals surface area contributed by atoms with E-state index in [0.717, 1.165) is 6.54 Å². The van der Waals surface area contributed by atoms with Gasteiger partial charge in [-0.2, -0.15) is 0 Å². The largest absolute Gasteiger partial charge is 0.299 e. The predicted octanol–water partition coefficient (Wildman–Crippen LogP) is 0.755. The summed E-state index contributed by atoms with van der Waals surface area (Å²) in [6.45, 7) is 13.6. The lowest BCUT2D eigenvalue weighted by atomic mass is 10.2. The second-order valence-electron chi connectivity index (χ2n) is 2.93. The zero-order valence-corrected chi connectivity index (χ0v) is 7.02. The summed E-state index contributed by atoms with van der Waals surface area (Å²) in [5.41, 5.74) is 0. The average Bonchev–Trinajstić information content (AvgIpc) is 1.64. The zero-order valence-electron chi connectivity index (χ0n) is 7.02. The lowest BCUT2D eigenvalue weighted by molar-refractivity contribution is 0.195. The van der Waals surface area contributed by atoms with Crippen molar-refractivity contribution in [2.75, 3.05) is 6.54 Å². The van der Waals surface area contributed by atoms with Crippen molar-refractivity contribution >= 4 is 17.4 Å². The van der Waals surface area contributed by atoms with Gasteiger partial charge in [0.1, 0.15) is 0 Å². The molecule has 0 atom stereocenters. The monoisotopic (exact) mass is 158 g/mol. The molecule has 0 bridgehead atoms. The van der Waals surface area contributed by atoms with Crippen LogP contribution in [0, 0.1) is 6.92 Å². The summed E-state index contributed by atoms with van der Waals surface area (Å²) < 4.78 is 0. The van der Waals surface area contributed by atoms with Gasteiger partial charge in [0.05, 0.1) is 0 Å². The molecule has 0 aliphatic heterocycles. The van der Waals surface area contributed by atoms with Crippen LogP contribution in [0.4, 0.5) is 0 Å². The molecule has 0 unspecified atom stereocenters. The molecule has 0 N–H and O–H groups in total. The molecule has 0 saturated carbocycles. The van der Waals surface area contributed by atoms with Crippen LogP contribution < -0.4 is 0 Å². The fraction of sp³-hybridized carbons (Fsp3) is 0.875. The van der Waals surface area contributed by atoms with Crippen LogP contribution >= 0.6 is 0 Å². The first-order valence-electron chi connectivity index (χ1n) is 3.64. The van der Waals surface area contributed by atoms with Crippen LogP contribution in [-0.2, 0) is 0 Å². The van der Waals surface area contributed by atoms with Gasteiger partial charge in [0.25, 0.3) is 0 Å². The molecule has 0 heterocycles. The summed E-state index contributed by atoms with van der Waals surface area (Å²) >= 11 is 0. The van der Waals surface area contributed by atoms with E-state index in [1.54, 1.807) is 0 Å². The van der Waals surface area contributed by atoms with Crippen LogP contribution in [0.25, 0.3) is 0 Å². The van der Waals surface area contributed by atoms with E-state index in [1.807, 2.05) is 0 Å². The standard InChI is InChI=1S/C8H18N.Al.3H/c1-6-9(7(2)3)8(4)5;;;;/h7-8H,1,6H2,2-5H3;;;;. The minimum atomic E-state index is 0. The molecule has 0 aliphatic carbocycles. The summed E-state index contributed by atoms with van der Waals surface area (Å²) in [7, 11) is 0. The highest BCUT2D eigenvalue weighted by atomic mass is 27.0. The third-order valence-electron chi connectivity index (χ3n) is 1.58. The van der Waals surface area contributed by atoms with E-state index in [2.05, 4.69) is 39.5 Å². The smallest absolute Gasteiger partial charge is 0.187 e. The Hall–Kier alpha value is 0.492. The van der Waals surface area contributed by atoms with Crippen LogP contribution in [0.1, 0.15) is 27.7 Å². The maximum absolute atomic E-state index is 3.85. The molecule has 0 aromatic carbocycles. The zero-order chi connectivity index (χ0) is 7.44. The Morgan fingerprint density at radius 3 is 1.40 bits per heavy atom. The van der Waals surface area contributed by atoms with E-state index in [9.17, 15) is 0 Å². The summed E-state index contributed by atoms with van der Waals surface area (Å²) in [5, 5.41) is 0. The van der Waals surface area contributed by atoms with Gasteiger partial charge in [-0.25, -0.2) is 0 Å². The van der Waals surface area contributed by atoms with Crippen molar-refractivity contribution in [2.45, 2.75) is 39.8 Å². The Balaban J connectivity index is 0. The molecule has 1 radical (unpaired) electrons. The molecular formula is C8H21AlN. The SMILES string of the molecule is [AlH3].[CH2]CN(C(C)C)C(C)C. The van der Waals surface area contributed by atoms with Gasteiger partial charge in [-0.3, -0.25) is 4.90 Å². The lowest BCUT2D eigenvalue weighted by Gasteiger charge is -2.28. The summed E-state index contributed by atoms with van der Waals surface area (Å²) in [4.78, 5) is 2.35. The van der Waals surface area contributed by atoms with Crippen LogP contribution in [0.2, 0.25) is 0 Å². The lowest BCUT2D eigenvalue weighted by Crippen LogP contribution is -2.36. The maximum atomic E-state index is 3.85. The molecule has 0 saturated heterocycles. The molecule has 0 aromatic rings. The van der Waals surface area contributed by atoms with Crippen LogP contribution in [0.5, 0.6) is 0 Å². The fourth-order valence-electron chi connectivity index (χ4n) is 1.11. The molecule has 0 aliphatic rings. The number of hydrogen-bond donors (Lipinski definition) is 0. The van der Waals surface area contributed by atoms with E-state index in [-0.39, 0.29) is 17.4 Å². The average molecular weight is 158 g/mol. The van der Waals surface area contributed by atoms with Gasteiger partial charge in [0.15, 0.2) is 17.4 Å². The van der Waals surface area contributed by atoms with E-state index in [0.29, 0.717) is 12.1 Å². The van der Waals surface area contributed by atoms with Crippen molar-refractivity contribution in [1.29, 1.82) is 0 Å². The molecule has 0 fully saturated rings. The van der Waals surface area contributed by atoms with Crippen molar-refractivity contribution in [3.63, 3.8) is 0 Å². The van der Waals surface area contributed by atoms with Gasteiger partial charge >= 0.3 is 0 Å². The Bertz CT molecular complexity index is 63.7. The highest BCUT2D eigenvalue weighted by Crippen LogP contribution is 2.02. The molecule has 0 amide bonds. The van der Waals surface area contributed by atoms with Gasteiger partial charge in [-0.15, -0.1) is 0 Å². The van der Waals surface area contributed by atoms with E-state index < -0.39 is 0 Å². The minimum absolute atomic E-state index is 0. The number of hydrogen-bond acceptors (Lipinski definition) is 1. The Morgan fingerprint density at radius 1 is 1.10 bits per heavy atom. The second-order valence-corrected chi connectivity index (χ2v) is 2.93. The second kappa shape index (κ2) is 6.22. The third kappa shape index (κ3) is 4.33. The highest BCUT2D eigenvalue weighted by molar-refractivity contribution is 5.75. The Kier molecular flexibility index (Phi) is 8.15. The van der Waals surface area contributed by atoms with Gasteiger partial charge in [0, 0.05) is 12.1 Å². The maximum Gasteiger partial charge on any atom is 0.187 e. The number of nitrogens with zero attached hydrogens (tertiary/aromatic N) is 1. The van der Waals surface area contributed by atoms with Crippen LogP contribution in [0.3, 0.4) is 0 Å². The van der Waals surface area contributed by atoms with Crippen molar-refractivity contribution < 1.29 is 0 Å². The van der Waals surface area contributed by atoms with E-state index >= 15 is 0 Å². The van der Waals surface area contributed by atoms with Crippen molar-refractivity contribution in [2.24, 2.45) is 0 Å². The van der Waals surface area contributed by atoms with E-state index in [4.69, 9.17) is 0 Å². The van der Waals surface area contributed by atoms with Crippen LogP contribution in [0.15, 0.2) is 0 Å². The van der Waals surface area contributed by atoms with Gasteiger partial charge < -0.3 is 0 Å². The number of rotatable bonds is 3. The Morgan fingerprint density at radius 2 is 1.40 bits per heavy atom. The quantitative estimate of drug-likeness (QED) is 0.548. The molecule has 1 nitrogen and oxygen atoms in total. The van der Waals surface area contributed by atoms with E-state index in [1.165, 1.54) is 0 Å². The van der Waals surface area contributed by atoms with Gasteiger partial charge in [0.2, 0.25) is 0 Å². The van der Waals surface area contributed by atoms with Gasteiger partial charge in [-0.1, -0.05) is 0 Å². The highest BCUT2D eigenvalue weighted by Gasteiger charge is 2.09. The van der Waals surface area contributed by atoms with Gasteiger partial charge in [-0.05, 0) is 41.2 Å². The Labute approximate surface area is 75.9 Å². The third-order valence-corrected chi connectivity index (χ3v) is 1.58. The summed E-state index contributed by atoms with van der Waals surface area (Å²) in [5.74, 6) is 0. The fourth-order valence-corrected chi connectivity index (χ4v) is 1.11. The molecule has 61 valence electrons.